The number of benzene rings is 2. The fraction of sp³-hybridized carbons (Fsp3) is 0.409. The van der Waals surface area contributed by atoms with Gasteiger partial charge in [0.1, 0.15) is 11.4 Å². The molecule has 2 fully saturated rings. The lowest BCUT2D eigenvalue weighted by atomic mass is 9.80. The third-order valence-electron chi connectivity index (χ3n) is 6.12. The van der Waals surface area contributed by atoms with Crippen LogP contribution in [0, 0.1) is 21.0 Å². The van der Waals surface area contributed by atoms with Crippen molar-refractivity contribution >= 4 is 39.9 Å². The molecule has 2 aromatic rings. The first-order valence-corrected chi connectivity index (χ1v) is 11.2. The molecule has 1 amide bonds. The highest BCUT2D eigenvalue weighted by atomic mass is 127. The molecule has 5 nitrogen and oxygen atoms in total. The van der Waals surface area contributed by atoms with Crippen LogP contribution >= 0.6 is 22.6 Å². The summed E-state index contributed by atoms with van der Waals surface area (Å²) in [6, 6.07) is 6.26. The minimum absolute atomic E-state index is 0.0475. The van der Waals surface area contributed by atoms with Crippen molar-refractivity contribution in [1.82, 2.24) is 9.80 Å². The maximum Gasteiger partial charge on any atom is 0.256 e. The predicted octanol–water partition coefficient (Wildman–Crippen LogP) is 4.12. The number of likely N-dealkylation sites (N-methyl/N-ethyl adjacent to an activating group) is 1. The number of aliphatic hydroxyl groups is 1. The standard InChI is InChI=1S/C22H23F3IN3O2/c1-28-9-3-2-4-18(28)22(31)11-29(12-22)21(30)14-6-7-15(23)19(25)20(14)27-17-8-5-13(26)10-16(17)24/h5-8,10,18,27,31H,2-4,9,11-12H2,1H3/t18-/m0/s1. The fourth-order valence-corrected chi connectivity index (χ4v) is 4.92. The Morgan fingerprint density at radius 3 is 2.58 bits per heavy atom. The van der Waals surface area contributed by atoms with Crippen molar-refractivity contribution in [3.05, 3.63) is 56.9 Å². The van der Waals surface area contributed by atoms with Crippen molar-refractivity contribution in [2.45, 2.75) is 30.9 Å². The molecule has 0 spiro atoms. The van der Waals surface area contributed by atoms with E-state index in [1.807, 2.05) is 29.6 Å². The average Bonchev–Trinajstić information content (AvgIpc) is 2.71. The third-order valence-corrected chi connectivity index (χ3v) is 6.79. The van der Waals surface area contributed by atoms with Crippen molar-refractivity contribution in [2.75, 3.05) is 32.0 Å². The fourth-order valence-electron chi connectivity index (χ4n) is 4.47. The van der Waals surface area contributed by atoms with E-state index in [9.17, 15) is 23.1 Å². The number of anilines is 2. The number of β-amino-alcohol motifs (C(OH)–C–C–N with tert-alkyl or cyclic N) is 1. The van der Waals surface area contributed by atoms with Gasteiger partial charge in [-0.15, -0.1) is 0 Å². The molecule has 0 bridgehead atoms. The minimum Gasteiger partial charge on any atom is -0.385 e. The van der Waals surface area contributed by atoms with Crippen molar-refractivity contribution in [3.8, 4) is 0 Å². The summed E-state index contributed by atoms with van der Waals surface area (Å²) in [5.74, 6) is -3.59. The quantitative estimate of drug-likeness (QED) is 0.568. The van der Waals surface area contributed by atoms with E-state index in [1.54, 1.807) is 6.07 Å². The summed E-state index contributed by atoms with van der Waals surface area (Å²) in [4.78, 5) is 16.6. The molecule has 31 heavy (non-hydrogen) atoms. The lowest BCUT2D eigenvalue weighted by molar-refractivity contribution is -0.135. The Hall–Kier alpha value is -1.85. The minimum atomic E-state index is -1.26. The summed E-state index contributed by atoms with van der Waals surface area (Å²) in [6.07, 6.45) is 2.94. The van der Waals surface area contributed by atoms with Gasteiger partial charge in [-0.2, -0.15) is 0 Å². The molecule has 0 unspecified atom stereocenters. The number of rotatable bonds is 4. The van der Waals surface area contributed by atoms with Crippen LogP contribution in [0.1, 0.15) is 29.6 Å². The highest BCUT2D eigenvalue weighted by molar-refractivity contribution is 14.1. The molecule has 4 rings (SSSR count). The second-order valence-electron chi connectivity index (χ2n) is 8.29. The highest BCUT2D eigenvalue weighted by Crippen LogP contribution is 2.35. The predicted molar refractivity (Wildman–Crippen MR) is 120 cm³/mol. The Morgan fingerprint density at radius 2 is 1.90 bits per heavy atom. The van der Waals surface area contributed by atoms with Gasteiger partial charge in [-0.1, -0.05) is 6.42 Å². The van der Waals surface area contributed by atoms with Gasteiger partial charge in [0, 0.05) is 9.61 Å². The molecular weight excluding hydrogens is 522 g/mol. The summed E-state index contributed by atoms with van der Waals surface area (Å²) in [7, 11) is 1.96. The van der Waals surface area contributed by atoms with Crippen LogP contribution in [0.4, 0.5) is 24.5 Å². The van der Waals surface area contributed by atoms with Crippen LogP contribution in [0.15, 0.2) is 30.3 Å². The Morgan fingerprint density at radius 1 is 1.16 bits per heavy atom. The number of piperidine rings is 1. The van der Waals surface area contributed by atoms with Gasteiger partial charge in [0.25, 0.3) is 5.91 Å². The van der Waals surface area contributed by atoms with E-state index in [1.165, 1.54) is 23.1 Å². The van der Waals surface area contributed by atoms with Crippen LogP contribution in [-0.4, -0.2) is 59.1 Å². The topological polar surface area (TPSA) is 55.8 Å². The van der Waals surface area contributed by atoms with Crippen LogP contribution in [0.3, 0.4) is 0 Å². The van der Waals surface area contributed by atoms with Gasteiger partial charge >= 0.3 is 0 Å². The Kier molecular flexibility index (Phi) is 6.19. The summed E-state index contributed by atoms with van der Waals surface area (Å²) in [5, 5.41) is 13.5. The van der Waals surface area contributed by atoms with Gasteiger partial charge in [0.2, 0.25) is 0 Å². The summed E-state index contributed by atoms with van der Waals surface area (Å²) in [6.45, 7) is 1.11. The van der Waals surface area contributed by atoms with E-state index in [4.69, 9.17) is 0 Å². The largest absolute Gasteiger partial charge is 0.385 e. The van der Waals surface area contributed by atoms with Crippen molar-refractivity contribution < 1.29 is 23.1 Å². The van der Waals surface area contributed by atoms with Crippen LogP contribution < -0.4 is 5.32 Å². The second-order valence-corrected chi connectivity index (χ2v) is 9.54. The summed E-state index contributed by atoms with van der Waals surface area (Å²) in [5.41, 5.74) is -1.63. The molecule has 2 aliphatic rings. The molecule has 0 aliphatic carbocycles. The van der Waals surface area contributed by atoms with E-state index < -0.39 is 34.6 Å². The van der Waals surface area contributed by atoms with Gasteiger partial charge < -0.3 is 20.2 Å². The van der Waals surface area contributed by atoms with E-state index >= 15 is 0 Å². The molecule has 9 heteroatoms. The highest BCUT2D eigenvalue weighted by Gasteiger charge is 2.51. The van der Waals surface area contributed by atoms with Crippen LogP contribution in [0.2, 0.25) is 0 Å². The normalized spacial score (nSPS) is 21.0. The zero-order valence-corrected chi connectivity index (χ0v) is 19.1. The number of likely N-dealkylation sites (tertiary alicyclic amines) is 2. The molecule has 0 aromatic heterocycles. The van der Waals surface area contributed by atoms with Crippen LogP contribution in [0.25, 0.3) is 0 Å². The third kappa shape index (κ3) is 4.27. The van der Waals surface area contributed by atoms with Crippen molar-refractivity contribution in [1.29, 1.82) is 0 Å². The maximum absolute atomic E-state index is 14.6. The zero-order valence-electron chi connectivity index (χ0n) is 17.0. The molecular formula is C22H23F3IN3O2. The number of hydrogen-bond donors (Lipinski definition) is 2. The Labute approximate surface area is 192 Å². The number of carbonyl (C=O) groups excluding carboxylic acids is 1. The SMILES string of the molecule is CN1CCCC[C@H]1C1(O)CN(C(=O)c2ccc(F)c(F)c2Nc2ccc(I)cc2F)C1. The van der Waals surface area contributed by atoms with E-state index in [2.05, 4.69) is 10.2 Å². The molecule has 2 aromatic carbocycles. The lowest BCUT2D eigenvalue weighted by Gasteiger charge is -2.54. The summed E-state index contributed by atoms with van der Waals surface area (Å²) >= 11 is 1.94. The van der Waals surface area contributed by atoms with Gasteiger partial charge in [0.15, 0.2) is 11.6 Å². The number of hydrogen-bond acceptors (Lipinski definition) is 4. The maximum atomic E-state index is 14.6. The van der Waals surface area contributed by atoms with E-state index in [0.717, 1.165) is 31.9 Å². The van der Waals surface area contributed by atoms with E-state index in [-0.39, 0.29) is 30.4 Å². The monoisotopic (exact) mass is 545 g/mol. The molecule has 2 aliphatic heterocycles. The van der Waals surface area contributed by atoms with Crippen LogP contribution in [-0.2, 0) is 0 Å². The number of nitrogens with zero attached hydrogens (tertiary/aromatic N) is 2. The smallest absolute Gasteiger partial charge is 0.256 e. The first kappa shape index (κ1) is 22.3. The van der Waals surface area contributed by atoms with Gasteiger partial charge in [-0.3, -0.25) is 4.79 Å². The molecule has 2 heterocycles. The van der Waals surface area contributed by atoms with Gasteiger partial charge in [-0.25, -0.2) is 13.2 Å². The van der Waals surface area contributed by atoms with Gasteiger partial charge in [-0.05, 0) is 79.4 Å². The summed E-state index contributed by atoms with van der Waals surface area (Å²) < 4.78 is 43.4. The van der Waals surface area contributed by atoms with Gasteiger partial charge in [0.05, 0.1) is 30.0 Å². The van der Waals surface area contributed by atoms with Crippen LogP contribution in [0.5, 0.6) is 0 Å². The average molecular weight is 545 g/mol. The zero-order chi connectivity index (χ0) is 22.3. The first-order valence-electron chi connectivity index (χ1n) is 10.1. The number of nitrogens with one attached hydrogen (secondary N) is 1. The Balaban J connectivity index is 1.57. The van der Waals surface area contributed by atoms with Crippen molar-refractivity contribution in [2.24, 2.45) is 0 Å². The number of amides is 1. The number of carbonyl (C=O) groups is 1. The molecule has 1 atom stereocenters. The van der Waals surface area contributed by atoms with Crippen molar-refractivity contribution in [3.63, 3.8) is 0 Å². The molecule has 0 radical (unpaired) electrons. The molecule has 166 valence electrons. The van der Waals surface area contributed by atoms with E-state index in [0.29, 0.717) is 3.57 Å². The Bertz CT molecular complexity index is 1010. The molecule has 2 saturated heterocycles. The molecule has 2 N–H and O–H groups in total. The first-order chi connectivity index (χ1) is 14.7. The molecule has 0 saturated carbocycles. The number of halogens is 4. The second kappa shape index (κ2) is 8.59. The lowest BCUT2D eigenvalue weighted by Crippen LogP contribution is -2.72.